The van der Waals surface area contributed by atoms with Crippen molar-refractivity contribution < 1.29 is 9.59 Å². The molecule has 0 fully saturated rings. The fourth-order valence-electron chi connectivity index (χ4n) is 2.20. The first-order valence-electron chi connectivity index (χ1n) is 7.16. The zero-order chi connectivity index (χ0) is 18.0. The van der Waals surface area contributed by atoms with Gasteiger partial charge in [0.05, 0.1) is 16.3 Å². The molecule has 0 unspecified atom stereocenters. The average molecular weight is 375 g/mol. The zero-order valence-electron chi connectivity index (χ0n) is 12.7. The molecule has 126 valence electrons. The van der Waals surface area contributed by atoms with E-state index in [0.717, 1.165) is 5.69 Å². The van der Waals surface area contributed by atoms with E-state index in [0.29, 0.717) is 10.7 Å². The summed E-state index contributed by atoms with van der Waals surface area (Å²) in [5.74, 6) is -1.05. The molecular formula is C17H12Cl2N4O2. The van der Waals surface area contributed by atoms with Gasteiger partial charge in [0.1, 0.15) is 0 Å². The highest BCUT2D eigenvalue weighted by molar-refractivity contribution is 6.34. The van der Waals surface area contributed by atoms with Crippen LogP contribution < -0.4 is 11.1 Å². The molecule has 2 amide bonds. The summed E-state index contributed by atoms with van der Waals surface area (Å²) in [7, 11) is 0. The van der Waals surface area contributed by atoms with Crippen molar-refractivity contribution in [3.8, 4) is 5.69 Å². The fraction of sp³-hybridized carbons (Fsp3) is 0. The molecule has 3 rings (SSSR count). The number of anilines is 1. The molecule has 3 N–H and O–H groups in total. The maximum absolute atomic E-state index is 12.3. The second-order valence-electron chi connectivity index (χ2n) is 5.14. The van der Waals surface area contributed by atoms with E-state index in [1.165, 1.54) is 18.2 Å². The third-order valence-electron chi connectivity index (χ3n) is 3.39. The molecule has 0 aliphatic rings. The van der Waals surface area contributed by atoms with E-state index in [1.807, 2.05) is 6.07 Å². The van der Waals surface area contributed by atoms with Crippen LogP contribution in [0.4, 0.5) is 5.69 Å². The van der Waals surface area contributed by atoms with Gasteiger partial charge in [-0.25, -0.2) is 4.68 Å². The van der Waals surface area contributed by atoms with Gasteiger partial charge in [-0.05, 0) is 42.5 Å². The Labute approximate surface area is 153 Å². The second kappa shape index (κ2) is 6.96. The lowest BCUT2D eigenvalue weighted by molar-refractivity contribution is 0.0998. The third-order valence-corrected chi connectivity index (χ3v) is 3.93. The molecule has 0 saturated carbocycles. The van der Waals surface area contributed by atoms with E-state index in [9.17, 15) is 9.59 Å². The molecule has 25 heavy (non-hydrogen) atoms. The lowest BCUT2D eigenvalue weighted by atomic mass is 10.2. The monoisotopic (exact) mass is 374 g/mol. The van der Waals surface area contributed by atoms with Crippen molar-refractivity contribution in [1.82, 2.24) is 9.78 Å². The van der Waals surface area contributed by atoms with Crippen LogP contribution in [-0.4, -0.2) is 21.6 Å². The third kappa shape index (κ3) is 3.81. The maximum Gasteiger partial charge on any atom is 0.276 e. The summed E-state index contributed by atoms with van der Waals surface area (Å²) in [5.41, 5.74) is 6.76. The van der Waals surface area contributed by atoms with Crippen molar-refractivity contribution in [3.05, 3.63) is 76.0 Å². The molecule has 8 heteroatoms. The maximum atomic E-state index is 12.3. The highest BCUT2D eigenvalue weighted by atomic mass is 35.5. The number of carbonyl (C=O) groups excluding carboxylic acids is 2. The van der Waals surface area contributed by atoms with Gasteiger partial charge in [0.15, 0.2) is 5.69 Å². The van der Waals surface area contributed by atoms with Crippen molar-refractivity contribution >= 4 is 40.7 Å². The average Bonchev–Trinajstić information content (AvgIpc) is 3.04. The van der Waals surface area contributed by atoms with E-state index in [-0.39, 0.29) is 16.3 Å². The summed E-state index contributed by atoms with van der Waals surface area (Å²) in [5, 5.41) is 7.62. The minimum absolute atomic E-state index is 0.162. The summed E-state index contributed by atoms with van der Waals surface area (Å²) in [4.78, 5) is 23.5. The first-order valence-corrected chi connectivity index (χ1v) is 7.92. The number of hydrogen-bond donors (Lipinski definition) is 2. The highest BCUT2D eigenvalue weighted by Crippen LogP contribution is 2.21. The number of hydrogen-bond acceptors (Lipinski definition) is 3. The van der Waals surface area contributed by atoms with Crippen molar-refractivity contribution in [3.63, 3.8) is 0 Å². The number of benzene rings is 2. The van der Waals surface area contributed by atoms with Crippen LogP contribution in [0.15, 0.2) is 54.7 Å². The van der Waals surface area contributed by atoms with Crippen LogP contribution in [-0.2, 0) is 0 Å². The molecule has 1 aromatic heterocycles. The fourth-order valence-corrected chi connectivity index (χ4v) is 2.65. The van der Waals surface area contributed by atoms with Gasteiger partial charge in [-0.15, -0.1) is 0 Å². The molecule has 3 aromatic rings. The van der Waals surface area contributed by atoms with Crippen LogP contribution in [0.25, 0.3) is 5.69 Å². The van der Waals surface area contributed by atoms with Crippen LogP contribution in [0.5, 0.6) is 0 Å². The highest BCUT2D eigenvalue weighted by Gasteiger charge is 2.13. The Morgan fingerprint density at radius 3 is 2.56 bits per heavy atom. The number of carbonyl (C=O) groups is 2. The van der Waals surface area contributed by atoms with E-state index in [1.54, 1.807) is 35.1 Å². The Hall–Kier alpha value is -2.83. The normalized spacial score (nSPS) is 10.5. The number of halogens is 2. The van der Waals surface area contributed by atoms with Crippen LogP contribution in [0.3, 0.4) is 0 Å². The Kier molecular flexibility index (Phi) is 4.74. The van der Waals surface area contributed by atoms with Crippen molar-refractivity contribution in [2.75, 3.05) is 5.32 Å². The summed E-state index contributed by atoms with van der Waals surface area (Å²) in [6.45, 7) is 0. The number of nitrogens with two attached hydrogens (primary N) is 1. The molecule has 0 aliphatic carbocycles. The minimum Gasteiger partial charge on any atom is -0.366 e. The van der Waals surface area contributed by atoms with Gasteiger partial charge in [0.25, 0.3) is 5.91 Å². The van der Waals surface area contributed by atoms with Gasteiger partial charge in [-0.1, -0.05) is 29.3 Å². The van der Waals surface area contributed by atoms with Crippen LogP contribution in [0.2, 0.25) is 10.0 Å². The molecule has 0 aliphatic heterocycles. The lowest BCUT2D eigenvalue weighted by Gasteiger charge is -2.06. The van der Waals surface area contributed by atoms with Crippen LogP contribution in [0.1, 0.15) is 20.8 Å². The first kappa shape index (κ1) is 17.0. The minimum atomic E-state index is -0.636. The number of amides is 2. The molecule has 2 aromatic carbocycles. The number of nitrogens with zero attached hydrogens (tertiary/aromatic N) is 2. The van der Waals surface area contributed by atoms with Crippen molar-refractivity contribution in [2.24, 2.45) is 5.73 Å². The number of aromatic nitrogens is 2. The van der Waals surface area contributed by atoms with E-state index < -0.39 is 11.8 Å². The Balaban J connectivity index is 1.78. The summed E-state index contributed by atoms with van der Waals surface area (Å²) < 4.78 is 1.55. The molecule has 0 spiro atoms. The van der Waals surface area contributed by atoms with Gasteiger partial charge in [-0.3, -0.25) is 9.59 Å². The Morgan fingerprint density at radius 1 is 1.08 bits per heavy atom. The standard InChI is InChI=1S/C17H12Cl2N4O2/c18-10-2-1-3-12(8-10)23-7-6-15(22-23)17(25)21-11-4-5-13(16(20)24)14(19)9-11/h1-9H,(H2,20,24)(H,21,25). The van der Waals surface area contributed by atoms with E-state index in [2.05, 4.69) is 10.4 Å². The molecule has 6 nitrogen and oxygen atoms in total. The zero-order valence-corrected chi connectivity index (χ0v) is 14.3. The lowest BCUT2D eigenvalue weighted by Crippen LogP contribution is -2.14. The summed E-state index contributed by atoms with van der Waals surface area (Å²) in [6.07, 6.45) is 1.66. The Morgan fingerprint density at radius 2 is 1.88 bits per heavy atom. The summed E-state index contributed by atoms with van der Waals surface area (Å²) in [6, 6.07) is 13.1. The smallest absolute Gasteiger partial charge is 0.276 e. The number of primary amides is 1. The topological polar surface area (TPSA) is 90.0 Å². The number of rotatable bonds is 4. The van der Waals surface area contributed by atoms with Gasteiger partial charge in [0.2, 0.25) is 5.91 Å². The quantitative estimate of drug-likeness (QED) is 0.731. The number of nitrogens with one attached hydrogen (secondary N) is 1. The molecule has 0 atom stereocenters. The van der Waals surface area contributed by atoms with E-state index >= 15 is 0 Å². The largest absolute Gasteiger partial charge is 0.366 e. The molecule has 0 saturated heterocycles. The Bertz CT molecular complexity index is 969. The molecular weight excluding hydrogens is 363 g/mol. The van der Waals surface area contributed by atoms with Gasteiger partial charge >= 0.3 is 0 Å². The molecule has 0 radical (unpaired) electrons. The van der Waals surface area contributed by atoms with Gasteiger partial charge < -0.3 is 11.1 Å². The van der Waals surface area contributed by atoms with Crippen molar-refractivity contribution in [2.45, 2.75) is 0 Å². The van der Waals surface area contributed by atoms with Gasteiger partial charge in [0, 0.05) is 16.9 Å². The second-order valence-corrected chi connectivity index (χ2v) is 5.98. The molecule has 0 bridgehead atoms. The SMILES string of the molecule is NC(=O)c1ccc(NC(=O)c2ccn(-c3cccc(Cl)c3)n2)cc1Cl. The summed E-state index contributed by atoms with van der Waals surface area (Å²) >= 11 is 11.9. The van der Waals surface area contributed by atoms with Crippen LogP contribution >= 0.6 is 23.2 Å². The van der Waals surface area contributed by atoms with E-state index in [4.69, 9.17) is 28.9 Å². The predicted octanol–water partition coefficient (Wildman–Crippen LogP) is 3.53. The first-order chi connectivity index (χ1) is 11.9. The van der Waals surface area contributed by atoms with Crippen LogP contribution in [0, 0.1) is 0 Å². The molecule has 1 heterocycles. The van der Waals surface area contributed by atoms with Crippen molar-refractivity contribution in [1.29, 1.82) is 0 Å². The van der Waals surface area contributed by atoms with Gasteiger partial charge in [-0.2, -0.15) is 5.10 Å². The predicted molar refractivity (Wildman–Crippen MR) is 96.5 cm³/mol.